The highest BCUT2D eigenvalue weighted by Crippen LogP contribution is 2.27. The Hall–Kier alpha value is -0.470. The normalized spacial score (nSPS) is 13.4. The summed E-state index contributed by atoms with van der Waals surface area (Å²) in [5, 5.41) is 3.03. The van der Waals surface area contributed by atoms with Crippen molar-refractivity contribution >= 4 is 26.0 Å². The highest BCUT2D eigenvalue weighted by Gasteiger charge is 2.20. The Morgan fingerprint density at radius 2 is 2.05 bits per heavy atom. The Kier molecular flexibility index (Phi) is 7.29. The molecule has 0 aliphatic rings. The second-order valence-electron chi connectivity index (χ2n) is 5.17. The molecular formula is C14H23BrN2O3S. The summed E-state index contributed by atoms with van der Waals surface area (Å²) in [6, 6.07) is 3.66. The number of sulfonamides is 1. The van der Waals surface area contributed by atoms with Crippen LogP contribution in [0.3, 0.4) is 0 Å². The Labute approximate surface area is 135 Å². The van der Waals surface area contributed by atoms with E-state index >= 15 is 0 Å². The van der Waals surface area contributed by atoms with E-state index in [0.717, 1.165) is 11.1 Å². The monoisotopic (exact) mass is 378 g/mol. The topological polar surface area (TPSA) is 67.4 Å². The minimum Gasteiger partial charge on any atom is -0.384 e. The van der Waals surface area contributed by atoms with Crippen molar-refractivity contribution in [2.45, 2.75) is 25.3 Å². The predicted molar refractivity (Wildman–Crippen MR) is 87.9 cm³/mol. The molecule has 1 rings (SSSR count). The van der Waals surface area contributed by atoms with Crippen LogP contribution in [0.1, 0.15) is 18.1 Å². The van der Waals surface area contributed by atoms with E-state index in [-0.39, 0.29) is 10.8 Å². The average Bonchev–Trinajstić information content (AvgIpc) is 2.41. The molecule has 120 valence electrons. The third-order valence-corrected chi connectivity index (χ3v) is 5.79. The maximum Gasteiger partial charge on any atom is 0.241 e. The lowest BCUT2D eigenvalue weighted by atomic mass is 10.1. The number of hydrogen-bond acceptors (Lipinski definition) is 4. The van der Waals surface area contributed by atoms with E-state index in [1.165, 1.54) is 0 Å². The molecule has 0 saturated carbocycles. The number of methoxy groups -OCH3 is 1. The molecule has 1 aromatic carbocycles. The lowest BCUT2D eigenvalue weighted by Crippen LogP contribution is -2.30. The lowest BCUT2D eigenvalue weighted by molar-refractivity contribution is 0.161. The fraction of sp³-hybridized carbons (Fsp3) is 0.571. The third-order valence-electron chi connectivity index (χ3n) is 3.02. The summed E-state index contributed by atoms with van der Waals surface area (Å²) >= 11 is 3.37. The summed E-state index contributed by atoms with van der Waals surface area (Å²) in [5.74, 6) is 0.116. The summed E-state index contributed by atoms with van der Waals surface area (Å²) in [7, 11) is -0.115. The Bertz CT molecular complexity index is 576. The van der Waals surface area contributed by atoms with E-state index in [1.54, 1.807) is 13.2 Å². The number of benzene rings is 1. The molecule has 5 nitrogen and oxygen atoms in total. The third kappa shape index (κ3) is 5.34. The van der Waals surface area contributed by atoms with Crippen molar-refractivity contribution in [2.75, 3.05) is 27.3 Å². The summed E-state index contributed by atoms with van der Waals surface area (Å²) in [4.78, 5) is 0.275. The van der Waals surface area contributed by atoms with Crippen LogP contribution in [0.15, 0.2) is 21.5 Å². The molecule has 0 heterocycles. The SMILES string of the molecule is CNCc1cc(C)c(Br)c(S(=O)(=O)NCC(C)COC)c1. The van der Waals surface area contributed by atoms with Crippen molar-refractivity contribution in [2.24, 2.45) is 5.92 Å². The summed E-state index contributed by atoms with van der Waals surface area (Å²) < 4.78 is 33.2. The molecule has 1 aromatic rings. The van der Waals surface area contributed by atoms with Gasteiger partial charge in [-0.1, -0.05) is 13.0 Å². The van der Waals surface area contributed by atoms with Gasteiger partial charge in [0.1, 0.15) is 0 Å². The lowest BCUT2D eigenvalue weighted by Gasteiger charge is -2.15. The van der Waals surface area contributed by atoms with Crippen LogP contribution >= 0.6 is 15.9 Å². The number of halogens is 1. The van der Waals surface area contributed by atoms with Crippen LogP contribution in [0.2, 0.25) is 0 Å². The number of rotatable bonds is 8. The molecule has 7 heteroatoms. The number of aryl methyl sites for hydroxylation is 1. The van der Waals surface area contributed by atoms with Gasteiger partial charge in [-0.3, -0.25) is 0 Å². The van der Waals surface area contributed by atoms with Gasteiger partial charge < -0.3 is 10.1 Å². The maximum atomic E-state index is 12.5. The molecule has 1 unspecified atom stereocenters. The molecule has 21 heavy (non-hydrogen) atoms. The molecule has 0 aliphatic heterocycles. The summed E-state index contributed by atoms with van der Waals surface area (Å²) in [6.07, 6.45) is 0. The van der Waals surface area contributed by atoms with Crippen LogP contribution in [0, 0.1) is 12.8 Å². The molecular weight excluding hydrogens is 356 g/mol. The largest absolute Gasteiger partial charge is 0.384 e. The zero-order chi connectivity index (χ0) is 16.0. The van der Waals surface area contributed by atoms with Gasteiger partial charge in [-0.05, 0) is 53.0 Å². The summed E-state index contributed by atoms with van der Waals surface area (Å²) in [6.45, 7) is 5.30. The van der Waals surface area contributed by atoms with Crippen LogP contribution in [0.4, 0.5) is 0 Å². The number of ether oxygens (including phenoxy) is 1. The van der Waals surface area contributed by atoms with Gasteiger partial charge in [0, 0.05) is 31.3 Å². The quantitative estimate of drug-likeness (QED) is 0.726. The van der Waals surface area contributed by atoms with E-state index in [4.69, 9.17) is 4.74 Å². The second-order valence-corrected chi connectivity index (χ2v) is 7.70. The average molecular weight is 379 g/mol. The van der Waals surface area contributed by atoms with E-state index < -0.39 is 10.0 Å². The first-order chi connectivity index (χ1) is 9.81. The van der Waals surface area contributed by atoms with Gasteiger partial charge in [-0.15, -0.1) is 0 Å². The smallest absolute Gasteiger partial charge is 0.241 e. The highest BCUT2D eigenvalue weighted by molar-refractivity contribution is 9.10. The first-order valence-electron chi connectivity index (χ1n) is 6.74. The second kappa shape index (κ2) is 8.24. The molecule has 0 bridgehead atoms. The van der Waals surface area contributed by atoms with Crippen LogP contribution in [-0.2, 0) is 21.3 Å². The Morgan fingerprint density at radius 3 is 2.62 bits per heavy atom. The van der Waals surface area contributed by atoms with E-state index in [1.807, 2.05) is 27.0 Å². The molecule has 0 fully saturated rings. The fourth-order valence-electron chi connectivity index (χ4n) is 1.98. The van der Waals surface area contributed by atoms with Crippen molar-refractivity contribution in [3.63, 3.8) is 0 Å². The molecule has 0 radical (unpaired) electrons. The van der Waals surface area contributed by atoms with Crippen LogP contribution < -0.4 is 10.0 Å². The van der Waals surface area contributed by atoms with Gasteiger partial charge in [0.2, 0.25) is 10.0 Å². The molecule has 0 aliphatic carbocycles. The molecule has 0 spiro atoms. The van der Waals surface area contributed by atoms with Gasteiger partial charge in [0.05, 0.1) is 4.90 Å². The van der Waals surface area contributed by atoms with E-state index in [9.17, 15) is 8.42 Å². The van der Waals surface area contributed by atoms with Crippen LogP contribution in [0.25, 0.3) is 0 Å². The number of nitrogens with one attached hydrogen (secondary N) is 2. The predicted octanol–water partition coefficient (Wildman–Crippen LogP) is 2.04. The molecule has 0 saturated heterocycles. The van der Waals surface area contributed by atoms with Crippen LogP contribution in [0.5, 0.6) is 0 Å². The van der Waals surface area contributed by atoms with Crippen molar-refractivity contribution in [3.8, 4) is 0 Å². The van der Waals surface area contributed by atoms with Crippen LogP contribution in [-0.4, -0.2) is 35.7 Å². The fourth-order valence-corrected chi connectivity index (χ4v) is 4.22. The molecule has 1 atom stereocenters. The van der Waals surface area contributed by atoms with Gasteiger partial charge >= 0.3 is 0 Å². The van der Waals surface area contributed by atoms with E-state index in [2.05, 4.69) is 26.0 Å². The zero-order valence-corrected chi connectivity index (χ0v) is 15.3. The minimum atomic E-state index is -3.55. The van der Waals surface area contributed by atoms with Gasteiger partial charge in [0.25, 0.3) is 0 Å². The molecule has 0 amide bonds. The minimum absolute atomic E-state index is 0.116. The first-order valence-corrected chi connectivity index (χ1v) is 9.01. The highest BCUT2D eigenvalue weighted by atomic mass is 79.9. The molecule has 2 N–H and O–H groups in total. The van der Waals surface area contributed by atoms with Gasteiger partial charge in [0.15, 0.2) is 0 Å². The van der Waals surface area contributed by atoms with Crippen molar-refractivity contribution in [3.05, 3.63) is 27.7 Å². The zero-order valence-electron chi connectivity index (χ0n) is 12.9. The van der Waals surface area contributed by atoms with Crippen molar-refractivity contribution < 1.29 is 13.2 Å². The Morgan fingerprint density at radius 1 is 1.38 bits per heavy atom. The summed E-state index contributed by atoms with van der Waals surface area (Å²) in [5.41, 5.74) is 1.83. The van der Waals surface area contributed by atoms with Gasteiger partial charge in [-0.25, -0.2) is 13.1 Å². The van der Waals surface area contributed by atoms with E-state index in [0.29, 0.717) is 24.2 Å². The number of hydrogen-bond donors (Lipinski definition) is 2. The van der Waals surface area contributed by atoms with Gasteiger partial charge in [-0.2, -0.15) is 0 Å². The molecule has 0 aromatic heterocycles. The standard InChI is InChI=1S/C14H23BrN2O3S/c1-10(9-20-4)7-17-21(18,19)13-6-12(8-16-3)5-11(2)14(13)15/h5-6,10,16-17H,7-9H2,1-4H3. The first kappa shape index (κ1) is 18.6. The van der Waals surface area contributed by atoms with Crippen molar-refractivity contribution in [1.82, 2.24) is 10.0 Å². The Balaban J connectivity index is 3.01. The van der Waals surface area contributed by atoms with Crippen molar-refractivity contribution in [1.29, 1.82) is 0 Å². The maximum absolute atomic E-state index is 12.5.